The van der Waals surface area contributed by atoms with Crippen molar-refractivity contribution >= 4 is 9.84 Å². The molecule has 0 aliphatic rings. The fraction of sp³-hybridized carbons (Fsp3) is 0.273. The van der Waals surface area contributed by atoms with Gasteiger partial charge in [-0.15, -0.1) is 0 Å². The smallest absolute Gasteiger partial charge is 0.218 e. The minimum atomic E-state index is -3.52. The van der Waals surface area contributed by atoms with Crippen molar-refractivity contribution in [3.05, 3.63) is 85.4 Å². The molecule has 0 aliphatic heterocycles. The van der Waals surface area contributed by atoms with Crippen LogP contribution >= 0.6 is 0 Å². The molecule has 0 N–H and O–H groups in total. The highest BCUT2D eigenvalue weighted by atomic mass is 127. The molecule has 0 fully saturated rings. The summed E-state index contributed by atoms with van der Waals surface area (Å²) in [6.07, 6.45) is 5.17. The number of hydrogen-bond acceptors (Lipinski definition) is 2. The predicted molar refractivity (Wildman–Crippen MR) is 105 cm³/mol. The molecule has 0 spiro atoms. The van der Waals surface area contributed by atoms with Gasteiger partial charge in [0.1, 0.15) is 4.91 Å². The van der Waals surface area contributed by atoms with Gasteiger partial charge >= 0.3 is 21.2 Å². The minimum Gasteiger partial charge on any atom is -0.218 e. The van der Waals surface area contributed by atoms with E-state index in [2.05, 4.69) is 25.6 Å². The second kappa shape index (κ2) is 10.7. The third-order valence-electron chi connectivity index (χ3n) is 4.04. The van der Waals surface area contributed by atoms with Crippen LogP contribution in [0.25, 0.3) is 0 Å². The van der Waals surface area contributed by atoms with E-state index < -0.39 is 31.0 Å². The van der Waals surface area contributed by atoms with E-state index in [9.17, 15) is 8.42 Å². The lowest BCUT2D eigenvalue weighted by Gasteiger charge is -2.10. The maximum absolute atomic E-state index is 13.2. The molecular weight excluding hydrogens is 455 g/mol. The fourth-order valence-electron chi connectivity index (χ4n) is 2.54. The van der Waals surface area contributed by atoms with E-state index in [1.54, 1.807) is 24.3 Å². The van der Waals surface area contributed by atoms with Crippen LogP contribution in [-0.2, 0) is 9.84 Å². The van der Waals surface area contributed by atoms with E-state index in [4.69, 9.17) is 0 Å². The van der Waals surface area contributed by atoms with Crippen LogP contribution < -0.4 is 21.2 Å². The number of unbranched alkanes of at least 4 members (excludes halogenated alkanes) is 3. The van der Waals surface area contributed by atoms with Gasteiger partial charge in [0.2, 0.25) is 9.84 Å². The van der Waals surface area contributed by atoms with Crippen LogP contribution in [0.2, 0.25) is 0 Å². The van der Waals surface area contributed by atoms with Crippen molar-refractivity contribution in [1.82, 2.24) is 0 Å². The van der Waals surface area contributed by atoms with Crippen LogP contribution in [0, 0.1) is 3.57 Å². The Labute approximate surface area is 168 Å². The molecule has 2 aromatic carbocycles. The molecule has 0 aliphatic carbocycles. The molecule has 0 saturated heterocycles. The molecule has 26 heavy (non-hydrogen) atoms. The zero-order chi connectivity index (χ0) is 18.8. The molecule has 4 heteroatoms. The largest absolute Gasteiger partial charge is 0.350 e. The van der Waals surface area contributed by atoms with Gasteiger partial charge in [0.05, 0.1) is 4.90 Å². The van der Waals surface area contributed by atoms with Crippen molar-refractivity contribution in [3.63, 3.8) is 0 Å². The Morgan fingerprint density at radius 1 is 0.962 bits per heavy atom. The molecule has 0 saturated carbocycles. The molecule has 138 valence electrons. The van der Waals surface area contributed by atoms with E-state index in [0.29, 0.717) is 9.80 Å². The lowest BCUT2D eigenvalue weighted by Crippen LogP contribution is -3.59. The van der Waals surface area contributed by atoms with Crippen molar-refractivity contribution in [2.75, 3.05) is 0 Å². The van der Waals surface area contributed by atoms with Gasteiger partial charge in [-0.1, -0.05) is 69.2 Å². The van der Waals surface area contributed by atoms with E-state index in [0.717, 1.165) is 31.3 Å². The first-order valence-electron chi connectivity index (χ1n) is 8.92. The summed E-state index contributed by atoms with van der Waals surface area (Å²) in [5.74, 6) is 0. The summed E-state index contributed by atoms with van der Waals surface area (Å²) in [4.78, 5) is 0.759. The fourth-order valence-corrected chi connectivity index (χ4v) is 7.13. The van der Waals surface area contributed by atoms with E-state index in [1.165, 1.54) is 9.99 Å². The van der Waals surface area contributed by atoms with Crippen molar-refractivity contribution in [1.29, 1.82) is 0 Å². The van der Waals surface area contributed by atoms with Gasteiger partial charge in [-0.2, -0.15) is 0 Å². The van der Waals surface area contributed by atoms with Crippen molar-refractivity contribution < 1.29 is 29.6 Å². The molecule has 0 heterocycles. The molecule has 0 atom stereocenters. The predicted octanol–water partition coefficient (Wildman–Crippen LogP) is 2.79. The average molecular weight is 481 g/mol. The lowest BCUT2D eigenvalue weighted by atomic mass is 10.1. The van der Waals surface area contributed by atoms with Crippen LogP contribution in [0.3, 0.4) is 0 Å². The monoisotopic (exact) mass is 481 g/mol. The van der Waals surface area contributed by atoms with Gasteiger partial charge < -0.3 is 0 Å². The summed E-state index contributed by atoms with van der Waals surface area (Å²) in [5.41, 5.74) is 0.737. The summed E-state index contributed by atoms with van der Waals surface area (Å²) in [7, 11) is -3.52. The van der Waals surface area contributed by atoms with Crippen LogP contribution in [0.1, 0.15) is 39.0 Å². The minimum absolute atomic E-state index is 0.345. The second-order valence-electron chi connectivity index (χ2n) is 6.11. The van der Waals surface area contributed by atoms with Gasteiger partial charge in [-0.05, 0) is 42.7 Å². The van der Waals surface area contributed by atoms with Gasteiger partial charge in [0.15, 0.2) is 7.65 Å². The van der Waals surface area contributed by atoms with E-state index >= 15 is 0 Å². The summed E-state index contributed by atoms with van der Waals surface area (Å²) < 4.78 is 29.5. The number of hydrogen-bond donors (Lipinski definition) is 0. The third kappa shape index (κ3) is 6.09. The second-order valence-corrected chi connectivity index (χ2v) is 10.5. The maximum atomic E-state index is 13.2. The highest BCUT2D eigenvalue weighted by Crippen LogP contribution is 2.26. The Morgan fingerprint density at radius 2 is 1.58 bits per heavy atom. The summed E-state index contributed by atoms with van der Waals surface area (Å²) >= 11 is -0.530. The average Bonchev–Trinajstić information content (AvgIpc) is 2.67. The summed E-state index contributed by atoms with van der Waals surface area (Å²) in [6.45, 7) is 6.30. The van der Waals surface area contributed by atoms with Crippen molar-refractivity contribution in [2.24, 2.45) is 0 Å². The third-order valence-corrected chi connectivity index (χ3v) is 8.71. The van der Waals surface area contributed by atoms with E-state index in [-0.39, 0.29) is 0 Å². The van der Waals surface area contributed by atoms with Crippen LogP contribution in [-0.4, -0.2) is 8.42 Å². The molecule has 0 radical (unpaired) electrons. The van der Waals surface area contributed by atoms with Gasteiger partial charge in [-0.25, -0.2) is 8.42 Å². The van der Waals surface area contributed by atoms with Gasteiger partial charge in [0, 0.05) is 0 Å². The Morgan fingerprint density at radius 3 is 2.19 bits per heavy atom. The zero-order valence-electron chi connectivity index (χ0n) is 15.2. The molecule has 2 nitrogen and oxygen atoms in total. The molecule has 0 unspecified atom stereocenters. The Hall–Kier alpha value is -1.40. The standard InChI is InChI=1S/C22H26IO2S/c1-3-4-5-8-13-19(2)22(18-23-20-14-9-6-10-15-20)26(24,25)21-16-11-7-12-17-21/h6-7,9-12,14-18H,2-5,8,13H2,1H3/q+1/b22-18+. The SMILES string of the molecule is C=C(CCCCCC)/C(=C\[I+]c1ccccc1)S(=O)(=O)c1ccccc1. The maximum Gasteiger partial charge on any atom is 0.350 e. The number of benzene rings is 2. The molecule has 0 bridgehead atoms. The van der Waals surface area contributed by atoms with Crippen molar-refractivity contribution in [2.45, 2.75) is 43.9 Å². The zero-order valence-corrected chi connectivity index (χ0v) is 18.2. The number of rotatable bonds is 10. The van der Waals surface area contributed by atoms with E-state index in [1.807, 2.05) is 28.3 Å². The summed E-state index contributed by atoms with van der Waals surface area (Å²) in [6, 6.07) is 18.8. The van der Waals surface area contributed by atoms with Crippen LogP contribution in [0.15, 0.2) is 86.7 Å². The highest BCUT2D eigenvalue weighted by Gasteiger charge is 2.26. The molecule has 0 aromatic heterocycles. The number of halogens is 1. The first-order valence-corrected chi connectivity index (χ1v) is 12.7. The lowest BCUT2D eigenvalue weighted by molar-refractivity contribution is -0.557. The first-order chi connectivity index (χ1) is 12.6. The highest BCUT2D eigenvalue weighted by molar-refractivity contribution is 7.95. The normalized spacial score (nSPS) is 12.1. The Kier molecular flexibility index (Phi) is 8.59. The van der Waals surface area contributed by atoms with Crippen LogP contribution in [0.5, 0.6) is 0 Å². The number of sulfone groups is 1. The first kappa shape index (κ1) is 20.9. The van der Waals surface area contributed by atoms with Crippen LogP contribution in [0.4, 0.5) is 0 Å². The quantitative estimate of drug-likeness (QED) is 0.297. The molecule has 2 aromatic rings. The molecular formula is C22H26IO2S+. The topological polar surface area (TPSA) is 34.1 Å². The van der Waals surface area contributed by atoms with Gasteiger partial charge in [-0.3, -0.25) is 0 Å². The van der Waals surface area contributed by atoms with Crippen molar-refractivity contribution in [3.8, 4) is 0 Å². The Balaban J connectivity index is 2.27. The molecule has 0 amide bonds. The summed E-state index contributed by atoms with van der Waals surface area (Å²) in [5, 5.41) is 0. The molecule has 2 rings (SSSR count). The number of allylic oxidation sites excluding steroid dienone is 1. The van der Waals surface area contributed by atoms with Gasteiger partial charge in [0.25, 0.3) is 0 Å². The Bertz CT molecular complexity index is 825.